The Bertz CT molecular complexity index is 1360. The highest BCUT2D eigenvalue weighted by molar-refractivity contribution is 5.79. The smallest absolute Gasteiger partial charge is 0.410 e. The third kappa shape index (κ3) is 39.1. The van der Waals surface area contributed by atoms with Gasteiger partial charge in [0.1, 0.15) is 19.8 Å². The van der Waals surface area contributed by atoms with Crippen molar-refractivity contribution in [2.45, 2.75) is 220 Å². The molecule has 18 heteroatoms. The van der Waals surface area contributed by atoms with Crippen LogP contribution < -0.4 is 0 Å². The highest BCUT2D eigenvalue weighted by Crippen LogP contribution is 2.25. The van der Waals surface area contributed by atoms with E-state index < -0.39 is 67.1 Å². The molecule has 0 N–H and O–H groups in total. The maximum Gasteiger partial charge on any atom is 0.410 e. The number of esters is 6. The highest BCUT2D eigenvalue weighted by Gasteiger charge is 2.36. The van der Waals surface area contributed by atoms with Crippen molar-refractivity contribution in [2.75, 3.05) is 106 Å². The van der Waals surface area contributed by atoms with Crippen LogP contribution in [-0.4, -0.2) is 180 Å². The second-order valence-electron chi connectivity index (χ2n) is 20.5. The molecular formula is C57H104N4O14. The number of hydrogen-bond acceptors (Lipinski definition) is 17. The van der Waals surface area contributed by atoms with E-state index in [2.05, 4.69) is 27.7 Å². The van der Waals surface area contributed by atoms with E-state index in [0.717, 1.165) is 154 Å². The summed E-state index contributed by atoms with van der Waals surface area (Å²) in [6.45, 7) is 7.56. The summed E-state index contributed by atoms with van der Waals surface area (Å²) < 4.78 is 39.3. The summed E-state index contributed by atoms with van der Waals surface area (Å²) in [5.41, 5.74) is 0. The number of amides is 1. The maximum atomic E-state index is 14.0. The van der Waals surface area contributed by atoms with Crippen LogP contribution >= 0.6 is 0 Å². The van der Waals surface area contributed by atoms with E-state index in [1.165, 1.54) is 14.7 Å². The summed E-state index contributed by atoms with van der Waals surface area (Å²) in [6.07, 6.45) is 26.2. The normalized spacial score (nSPS) is 14.7. The topological polar surface area (TPSA) is 197 Å². The number of unbranched alkanes of at least 4 members (excludes halogenated alkanes) is 20. The zero-order valence-corrected chi connectivity index (χ0v) is 47.9. The van der Waals surface area contributed by atoms with Gasteiger partial charge in [0.2, 0.25) is 0 Å². The van der Waals surface area contributed by atoms with Gasteiger partial charge in [-0.3, -0.25) is 43.5 Å². The molecule has 1 rings (SSSR count). The summed E-state index contributed by atoms with van der Waals surface area (Å²) in [4.78, 5) is 99.1. The molecule has 0 bridgehead atoms. The zero-order chi connectivity index (χ0) is 55.2. The van der Waals surface area contributed by atoms with Gasteiger partial charge in [0.15, 0.2) is 0 Å². The molecule has 2 atom stereocenters. The first-order valence-electron chi connectivity index (χ1n) is 29.3. The summed E-state index contributed by atoms with van der Waals surface area (Å²) in [5, 5.41) is 0. The minimum Gasteiger partial charge on any atom is -0.465 e. The third-order valence-electron chi connectivity index (χ3n) is 13.1. The van der Waals surface area contributed by atoms with Gasteiger partial charge >= 0.3 is 41.9 Å². The molecule has 0 aromatic carbocycles. The quantitative estimate of drug-likeness (QED) is 0.0317. The van der Waals surface area contributed by atoms with Crippen LogP contribution in [0, 0.1) is 0 Å². The first kappa shape index (κ1) is 69.0. The van der Waals surface area contributed by atoms with Crippen LogP contribution in [0.5, 0.6) is 0 Å². The van der Waals surface area contributed by atoms with Crippen LogP contribution in [0.15, 0.2) is 0 Å². The Balaban J connectivity index is 3.12. The summed E-state index contributed by atoms with van der Waals surface area (Å²) in [5.74, 6) is -3.70. The van der Waals surface area contributed by atoms with Gasteiger partial charge in [0, 0.05) is 6.54 Å². The lowest BCUT2D eigenvalue weighted by atomic mass is 10.1. The molecule has 1 saturated heterocycles. The van der Waals surface area contributed by atoms with Crippen molar-refractivity contribution < 1.29 is 66.7 Å². The molecule has 18 nitrogen and oxygen atoms in total. The minimum absolute atomic E-state index is 0.0824. The van der Waals surface area contributed by atoms with E-state index in [4.69, 9.17) is 33.2 Å². The van der Waals surface area contributed by atoms with Gasteiger partial charge in [0.25, 0.3) is 0 Å². The monoisotopic (exact) mass is 1070 g/mol. The standard InChI is InChI=1S/C57H104N4O14/c1-7-11-15-19-23-29-36-69-51(62)41-59(42-52(63)70-37-30-24-20-16-12-8-2)45-55(66)74-47-49-33-27-28-34-50(61(49)57(68)73-40-35-58(5)6)48-75-56(67)46-60(43-53(64)71-38-31-25-21-17-13-9-3)44-54(65)72-39-32-26-22-18-14-10-4/h49-50H,7-48H2,1-6H3/t49-,50-/m0/s1. The van der Waals surface area contributed by atoms with Crippen LogP contribution in [0.25, 0.3) is 0 Å². The molecule has 436 valence electrons. The first-order valence-corrected chi connectivity index (χ1v) is 29.3. The summed E-state index contributed by atoms with van der Waals surface area (Å²) in [6, 6.07) is -1.33. The zero-order valence-electron chi connectivity index (χ0n) is 47.9. The Morgan fingerprint density at radius 2 is 0.627 bits per heavy atom. The van der Waals surface area contributed by atoms with E-state index in [0.29, 0.717) is 32.2 Å². The second-order valence-corrected chi connectivity index (χ2v) is 20.5. The second kappa shape index (κ2) is 47.2. The Labute approximate surface area is 452 Å². The Kier molecular flexibility index (Phi) is 43.4. The van der Waals surface area contributed by atoms with Crippen LogP contribution in [-0.2, 0) is 61.9 Å². The van der Waals surface area contributed by atoms with Crippen LogP contribution in [0.4, 0.5) is 4.79 Å². The predicted octanol–water partition coefficient (Wildman–Crippen LogP) is 9.60. The van der Waals surface area contributed by atoms with Crippen molar-refractivity contribution in [1.29, 1.82) is 0 Å². The van der Waals surface area contributed by atoms with E-state index in [-0.39, 0.29) is 72.4 Å². The largest absolute Gasteiger partial charge is 0.465 e. The van der Waals surface area contributed by atoms with E-state index in [1.54, 1.807) is 0 Å². The van der Waals surface area contributed by atoms with Gasteiger partial charge in [0.05, 0.1) is 77.8 Å². The highest BCUT2D eigenvalue weighted by atomic mass is 16.6. The van der Waals surface area contributed by atoms with Crippen molar-refractivity contribution in [3.63, 3.8) is 0 Å². The average Bonchev–Trinajstić information content (AvgIpc) is 3.58. The van der Waals surface area contributed by atoms with Gasteiger partial charge in [-0.15, -0.1) is 0 Å². The third-order valence-corrected chi connectivity index (χ3v) is 13.1. The Hall–Kier alpha value is -4.03. The molecular weight excluding hydrogens is 965 g/mol. The number of rotatable bonds is 47. The van der Waals surface area contributed by atoms with Crippen molar-refractivity contribution >= 4 is 41.9 Å². The average molecular weight is 1070 g/mol. The molecule has 0 saturated carbocycles. The Morgan fingerprint density at radius 1 is 0.360 bits per heavy atom. The molecule has 0 radical (unpaired) electrons. The molecule has 0 unspecified atom stereocenters. The fraction of sp³-hybridized carbons (Fsp3) is 0.877. The fourth-order valence-electron chi connectivity index (χ4n) is 8.71. The first-order chi connectivity index (χ1) is 36.3. The number of likely N-dealkylation sites (N-methyl/N-ethyl adjacent to an activating group) is 1. The number of likely N-dealkylation sites (tertiary alicyclic amines) is 1. The molecule has 1 heterocycles. The SMILES string of the molecule is CCCCCCCCOC(=O)CN(CC(=O)OCCCCCCCC)CC(=O)OC[C@@H]1CCCC[C@@H](COC(=O)CN(CC(=O)OCCCCCCCC)CC(=O)OCCCCCCCC)N1C(=O)OCCN(C)C. The van der Waals surface area contributed by atoms with Gasteiger partial charge in [-0.2, -0.15) is 0 Å². The molecule has 75 heavy (non-hydrogen) atoms. The molecule has 0 aromatic heterocycles. The molecule has 0 aliphatic carbocycles. The number of carbonyl (C=O) groups excluding carboxylic acids is 7. The molecule has 1 amide bonds. The van der Waals surface area contributed by atoms with Gasteiger partial charge in [-0.25, -0.2) is 4.79 Å². The van der Waals surface area contributed by atoms with Crippen LogP contribution in [0.2, 0.25) is 0 Å². The lowest BCUT2D eigenvalue weighted by molar-refractivity contribution is -0.154. The summed E-state index contributed by atoms with van der Waals surface area (Å²) >= 11 is 0. The minimum atomic E-state index is -0.716. The van der Waals surface area contributed by atoms with Gasteiger partial charge < -0.3 is 38.1 Å². The van der Waals surface area contributed by atoms with Crippen molar-refractivity contribution in [2.24, 2.45) is 0 Å². The van der Waals surface area contributed by atoms with E-state index in [1.807, 2.05) is 19.0 Å². The van der Waals surface area contributed by atoms with E-state index >= 15 is 0 Å². The van der Waals surface area contributed by atoms with Gasteiger partial charge in [-0.1, -0.05) is 169 Å². The van der Waals surface area contributed by atoms with Crippen molar-refractivity contribution in [3.8, 4) is 0 Å². The van der Waals surface area contributed by atoms with Crippen molar-refractivity contribution in [3.05, 3.63) is 0 Å². The number of ether oxygens (including phenoxy) is 7. The van der Waals surface area contributed by atoms with Gasteiger partial charge in [-0.05, 0) is 52.6 Å². The molecule has 1 aliphatic rings. The number of nitrogens with zero attached hydrogens (tertiary/aromatic N) is 4. The summed E-state index contributed by atoms with van der Waals surface area (Å²) in [7, 11) is 3.71. The van der Waals surface area contributed by atoms with Crippen molar-refractivity contribution in [1.82, 2.24) is 19.6 Å². The lowest BCUT2D eigenvalue weighted by Crippen LogP contribution is -2.51. The maximum absolute atomic E-state index is 14.0. The lowest BCUT2D eigenvalue weighted by Gasteiger charge is -2.35. The predicted molar refractivity (Wildman–Crippen MR) is 290 cm³/mol. The van der Waals surface area contributed by atoms with Crippen LogP contribution in [0.1, 0.15) is 207 Å². The molecule has 1 aliphatic heterocycles. The molecule has 1 fully saturated rings. The number of hydrogen-bond donors (Lipinski definition) is 0. The molecule has 0 aromatic rings. The Morgan fingerprint density at radius 3 is 0.907 bits per heavy atom. The van der Waals surface area contributed by atoms with E-state index in [9.17, 15) is 33.6 Å². The fourth-order valence-corrected chi connectivity index (χ4v) is 8.71. The van der Waals surface area contributed by atoms with Crippen LogP contribution in [0.3, 0.4) is 0 Å². The number of carbonyl (C=O) groups is 7. The molecule has 0 spiro atoms.